The first-order chi connectivity index (χ1) is 13.7. The van der Waals surface area contributed by atoms with Gasteiger partial charge >= 0.3 is 0 Å². The third-order valence-electron chi connectivity index (χ3n) is 4.77. The number of fused-ring (bicyclic) bond motifs is 2. The molecule has 28 heavy (non-hydrogen) atoms. The molecular formula is C24H14F2N2. The molecule has 0 aliphatic carbocycles. The maximum Gasteiger partial charge on any atom is 0.123 e. The standard InChI is InChI=1S/C24H14F2N2/c25-19-9-5-15(6-10-19)23-24(16-7-11-20(26)12-8-16)28-22-14-18-4-2-1-3-17(18)13-21(22)27-23/h1-14H. The van der Waals surface area contributed by atoms with Crippen molar-refractivity contribution in [2.75, 3.05) is 0 Å². The zero-order valence-corrected chi connectivity index (χ0v) is 14.7. The van der Waals surface area contributed by atoms with E-state index < -0.39 is 0 Å². The van der Waals surface area contributed by atoms with Crippen molar-refractivity contribution in [1.29, 1.82) is 0 Å². The number of hydrogen-bond acceptors (Lipinski definition) is 2. The normalized spacial score (nSPS) is 11.2. The van der Waals surface area contributed by atoms with Gasteiger partial charge in [-0.1, -0.05) is 24.3 Å². The fraction of sp³-hybridized carbons (Fsp3) is 0. The van der Waals surface area contributed by atoms with Crippen molar-refractivity contribution in [3.05, 3.63) is 96.6 Å². The summed E-state index contributed by atoms with van der Waals surface area (Å²) in [6, 6.07) is 24.3. The molecule has 0 bridgehead atoms. The average Bonchev–Trinajstić information content (AvgIpc) is 2.72. The van der Waals surface area contributed by atoms with Gasteiger partial charge in [0.1, 0.15) is 11.6 Å². The summed E-state index contributed by atoms with van der Waals surface area (Å²) in [7, 11) is 0. The van der Waals surface area contributed by atoms with Crippen LogP contribution in [0, 0.1) is 11.6 Å². The number of rotatable bonds is 2. The largest absolute Gasteiger partial charge is 0.244 e. The van der Waals surface area contributed by atoms with Gasteiger partial charge in [-0.15, -0.1) is 0 Å². The van der Waals surface area contributed by atoms with E-state index >= 15 is 0 Å². The van der Waals surface area contributed by atoms with Gasteiger partial charge in [0, 0.05) is 11.1 Å². The Morgan fingerprint density at radius 2 is 0.893 bits per heavy atom. The van der Waals surface area contributed by atoms with E-state index in [1.165, 1.54) is 24.3 Å². The minimum absolute atomic E-state index is 0.313. The fourth-order valence-corrected chi connectivity index (χ4v) is 3.36. The lowest BCUT2D eigenvalue weighted by atomic mass is 10.0. The second kappa shape index (κ2) is 6.50. The summed E-state index contributed by atoms with van der Waals surface area (Å²) in [5.74, 6) is -0.626. The van der Waals surface area contributed by atoms with E-state index in [0.29, 0.717) is 11.4 Å². The zero-order valence-electron chi connectivity index (χ0n) is 14.7. The summed E-state index contributed by atoms with van der Waals surface area (Å²) in [6.45, 7) is 0. The Morgan fingerprint density at radius 1 is 0.500 bits per heavy atom. The smallest absolute Gasteiger partial charge is 0.123 e. The molecule has 5 aromatic rings. The lowest BCUT2D eigenvalue weighted by Crippen LogP contribution is -1.96. The maximum absolute atomic E-state index is 13.4. The average molecular weight is 368 g/mol. The highest BCUT2D eigenvalue weighted by Gasteiger charge is 2.14. The van der Waals surface area contributed by atoms with Gasteiger partial charge in [0.15, 0.2) is 0 Å². The third kappa shape index (κ3) is 2.89. The lowest BCUT2D eigenvalue weighted by molar-refractivity contribution is 0.627. The van der Waals surface area contributed by atoms with Crippen LogP contribution in [0.15, 0.2) is 84.9 Å². The maximum atomic E-state index is 13.4. The highest BCUT2D eigenvalue weighted by atomic mass is 19.1. The van der Waals surface area contributed by atoms with E-state index in [4.69, 9.17) is 9.97 Å². The molecule has 0 saturated carbocycles. The van der Waals surface area contributed by atoms with Crippen molar-refractivity contribution in [2.24, 2.45) is 0 Å². The summed E-state index contributed by atoms with van der Waals surface area (Å²) in [5, 5.41) is 2.15. The van der Waals surface area contributed by atoms with Crippen LogP contribution in [0.4, 0.5) is 8.78 Å². The molecule has 0 amide bonds. The van der Waals surface area contributed by atoms with Crippen LogP contribution < -0.4 is 0 Å². The molecule has 0 N–H and O–H groups in total. The van der Waals surface area contributed by atoms with Crippen LogP contribution in [0.1, 0.15) is 0 Å². The van der Waals surface area contributed by atoms with Crippen molar-refractivity contribution in [1.82, 2.24) is 9.97 Å². The van der Waals surface area contributed by atoms with Gasteiger partial charge in [0.05, 0.1) is 22.4 Å². The van der Waals surface area contributed by atoms with E-state index in [0.717, 1.165) is 32.9 Å². The summed E-state index contributed by atoms with van der Waals surface area (Å²) in [5.41, 5.74) is 4.28. The molecular weight excluding hydrogens is 354 g/mol. The minimum Gasteiger partial charge on any atom is -0.244 e. The fourth-order valence-electron chi connectivity index (χ4n) is 3.36. The lowest BCUT2D eigenvalue weighted by Gasteiger charge is -2.11. The Balaban J connectivity index is 1.82. The first-order valence-electron chi connectivity index (χ1n) is 8.90. The highest BCUT2D eigenvalue weighted by molar-refractivity contribution is 5.97. The van der Waals surface area contributed by atoms with Crippen LogP contribution in [0.25, 0.3) is 44.3 Å². The number of nitrogens with zero attached hydrogens (tertiary/aromatic N) is 2. The molecule has 4 aromatic carbocycles. The van der Waals surface area contributed by atoms with Crippen LogP contribution in [-0.4, -0.2) is 9.97 Å². The Hall–Kier alpha value is -3.66. The second-order valence-corrected chi connectivity index (χ2v) is 6.62. The van der Waals surface area contributed by atoms with Crippen LogP contribution in [0.3, 0.4) is 0 Å². The number of aromatic nitrogens is 2. The topological polar surface area (TPSA) is 25.8 Å². The Morgan fingerprint density at radius 3 is 1.29 bits per heavy atom. The molecule has 0 unspecified atom stereocenters. The summed E-state index contributed by atoms with van der Waals surface area (Å²) >= 11 is 0. The summed E-state index contributed by atoms with van der Waals surface area (Å²) in [4.78, 5) is 9.69. The molecule has 0 aliphatic heterocycles. The van der Waals surface area contributed by atoms with E-state index in [1.807, 2.05) is 36.4 Å². The third-order valence-corrected chi connectivity index (χ3v) is 4.77. The van der Waals surface area contributed by atoms with E-state index in [1.54, 1.807) is 24.3 Å². The van der Waals surface area contributed by atoms with Crippen LogP contribution in [0.5, 0.6) is 0 Å². The van der Waals surface area contributed by atoms with Crippen molar-refractivity contribution >= 4 is 21.8 Å². The monoisotopic (exact) mass is 368 g/mol. The molecule has 0 atom stereocenters. The van der Waals surface area contributed by atoms with Crippen LogP contribution in [-0.2, 0) is 0 Å². The van der Waals surface area contributed by atoms with E-state index in [2.05, 4.69) is 0 Å². The van der Waals surface area contributed by atoms with Gasteiger partial charge < -0.3 is 0 Å². The summed E-state index contributed by atoms with van der Waals surface area (Å²) in [6.07, 6.45) is 0. The zero-order chi connectivity index (χ0) is 19.1. The van der Waals surface area contributed by atoms with Crippen molar-refractivity contribution in [3.63, 3.8) is 0 Å². The second-order valence-electron chi connectivity index (χ2n) is 6.62. The van der Waals surface area contributed by atoms with Gasteiger partial charge in [-0.2, -0.15) is 0 Å². The first kappa shape index (κ1) is 16.5. The van der Waals surface area contributed by atoms with E-state index in [9.17, 15) is 8.78 Å². The predicted octanol–water partition coefficient (Wildman–Crippen LogP) is 6.40. The quantitative estimate of drug-likeness (QED) is 0.337. The van der Waals surface area contributed by atoms with Gasteiger partial charge in [-0.3, -0.25) is 0 Å². The first-order valence-corrected chi connectivity index (χ1v) is 8.90. The molecule has 134 valence electrons. The SMILES string of the molecule is Fc1ccc(-c2nc3cc4ccccc4cc3nc2-c2ccc(F)cc2)cc1. The molecule has 0 aliphatic rings. The molecule has 0 radical (unpaired) electrons. The number of hydrogen-bond donors (Lipinski definition) is 0. The summed E-state index contributed by atoms with van der Waals surface area (Å²) < 4.78 is 26.8. The molecule has 4 heteroatoms. The van der Waals surface area contributed by atoms with Crippen LogP contribution in [0.2, 0.25) is 0 Å². The Labute approximate surface area is 160 Å². The minimum atomic E-state index is -0.313. The number of benzene rings is 4. The van der Waals surface area contributed by atoms with Crippen LogP contribution >= 0.6 is 0 Å². The van der Waals surface area contributed by atoms with Gasteiger partial charge in [0.2, 0.25) is 0 Å². The van der Waals surface area contributed by atoms with Crippen molar-refractivity contribution in [2.45, 2.75) is 0 Å². The molecule has 5 rings (SSSR count). The molecule has 1 heterocycles. The Bertz CT molecular complexity index is 1210. The molecule has 0 fully saturated rings. The molecule has 0 saturated heterocycles. The Kier molecular flexibility index (Phi) is 3.83. The molecule has 0 spiro atoms. The van der Waals surface area contributed by atoms with Crippen molar-refractivity contribution < 1.29 is 8.78 Å². The van der Waals surface area contributed by atoms with E-state index in [-0.39, 0.29) is 11.6 Å². The van der Waals surface area contributed by atoms with Gasteiger partial charge in [-0.25, -0.2) is 18.7 Å². The molecule has 1 aromatic heterocycles. The molecule has 2 nitrogen and oxygen atoms in total. The van der Waals surface area contributed by atoms with Gasteiger partial charge in [-0.05, 0) is 71.4 Å². The number of halogens is 2. The highest BCUT2D eigenvalue weighted by Crippen LogP contribution is 2.32. The van der Waals surface area contributed by atoms with Crippen molar-refractivity contribution in [3.8, 4) is 22.5 Å². The van der Waals surface area contributed by atoms with Gasteiger partial charge in [0.25, 0.3) is 0 Å². The predicted molar refractivity (Wildman–Crippen MR) is 108 cm³/mol.